The van der Waals surface area contributed by atoms with Crippen LogP contribution in [0.15, 0.2) is 42.5 Å². The van der Waals surface area contributed by atoms with Crippen LogP contribution in [0.5, 0.6) is 0 Å². The number of amides is 2. The number of nitrogens with one attached hydrogen (secondary N) is 3. The molecule has 3 rings (SSSR count). The molecule has 2 amide bonds. The molecule has 0 radical (unpaired) electrons. The van der Waals surface area contributed by atoms with Crippen LogP contribution in [0, 0.1) is 0 Å². The van der Waals surface area contributed by atoms with Gasteiger partial charge in [-0.1, -0.05) is 37.5 Å². The third kappa shape index (κ3) is 4.67. The molecule has 0 atom stereocenters. The molecule has 6 heteroatoms. The number of rotatable bonds is 4. The molecule has 2 aromatic rings. The van der Waals surface area contributed by atoms with Gasteiger partial charge in [0.05, 0.1) is 0 Å². The van der Waals surface area contributed by atoms with Crippen LogP contribution in [0.1, 0.15) is 32.1 Å². The highest BCUT2D eigenvalue weighted by atomic mass is 16.2. The van der Waals surface area contributed by atoms with Gasteiger partial charge in [-0.25, -0.2) is 4.79 Å². The first-order valence-corrected chi connectivity index (χ1v) is 8.03. The van der Waals surface area contributed by atoms with E-state index in [9.17, 15) is 4.79 Å². The van der Waals surface area contributed by atoms with Crippen LogP contribution in [0.4, 0.5) is 22.1 Å². The van der Waals surface area contributed by atoms with Crippen LogP contribution in [-0.2, 0) is 0 Å². The minimum Gasteiger partial charge on any atom is -0.339 e. The van der Waals surface area contributed by atoms with Crippen LogP contribution in [-0.4, -0.2) is 22.3 Å². The van der Waals surface area contributed by atoms with Gasteiger partial charge in [-0.2, -0.15) is 0 Å². The zero-order chi connectivity index (χ0) is 15.9. The lowest BCUT2D eigenvalue weighted by Crippen LogP contribution is -2.39. The molecule has 1 saturated carbocycles. The average Bonchev–Trinajstić information content (AvgIpc) is 2.58. The number of anilines is 3. The number of para-hydroxylation sites is 1. The molecule has 1 aromatic heterocycles. The van der Waals surface area contributed by atoms with Crippen molar-refractivity contribution in [1.82, 2.24) is 15.5 Å². The number of hydrogen-bond donors (Lipinski definition) is 3. The Kier molecular flexibility index (Phi) is 5.03. The summed E-state index contributed by atoms with van der Waals surface area (Å²) in [4.78, 5) is 12.0. The number of hydrogen-bond acceptors (Lipinski definition) is 4. The highest BCUT2D eigenvalue weighted by molar-refractivity contribution is 5.88. The van der Waals surface area contributed by atoms with Gasteiger partial charge < -0.3 is 10.6 Å². The maximum absolute atomic E-state index is 12.0. The third-order valence-electron chi connectivity index (χ3n) is 3.89. The van der Waals surface area contributed by atoms with Crippen molar-refractivity contribution in [3.05, 3.63) is 42.5 Å². The molecule has 1 fully saturated rings. The van der Waals surface area contributed by atoms with E-state index in [0.29, 0.717) is 11.6 Å². The highest BCUT2D eigenvalue weighted by Crippen LogP contribution is 2.17. The largest absolute Gasteiger partial charge is 0.339 e. The van der Waals surface area contributed by atoms with Gasteiger partial charge in [0.1, 0.15) is 0 Å². The second kappa shape index (κ2) is 7.58. The number of carbonyl (C=O) groups excluding carboxylic acids is 1. The molecule has 0 spiro atoms. The normalized spacial score (nSPS) is 15.0. The van der Waals surface area contributed by atoms with Crippen molar-refractivity contribution in [3.8, 4) is 0 Å². The lowest BCUT2D eigenvalue weighted by Gasteiger charge is -2.22. The molecule has 0 saturated heterocycles. The summed E-state index contributed by atoms with van der Waals surface area (Å²) >= 11 is 0. The summed E-state index contributed by atoms with van der Waals surface area (Å²) in [7, 11) is 0. The van der Waals surface area contributed by atoms with E-state index in [1.54, 1.807) is 12.1 Å². The van der Waals surface area contributed by atoms with E-state index in [0.717, 1.165) is 18.5 Å². The van der Waals surface area contributed by atoms with Crippen molar-refractivity contribution in [2.24, 2.45) is 0 Å². The van der Waals surface area contributed by atoms with Crippen LogP contribution in [0.2, 0.25) is 0 Å². The minimum absolute atomic E-state index is 0.213. The van der Waals surface area contributed by atoms with Crippen molar-refractivity contribution in [1.29, 1.82) is 0 Å². The minimum atomic E-state index is -0.213. The predicted molar refractivity (Wildman–Crippen MR) is 90.8 cm³/mol. The maximum atomic E-state index is 12.0. The smallest absolute Gasteiger partial charge is 0.320 e. The molecule has 1 aromatic carbocycles. The molecular formula is C17H21N5O. The van der Waals surface area contributed by atoms with Gasteiger partial charge in [-0.05, 0) is 37.1 Å². The molecule has 6 nitrogen and oxygen atoms in total. The van der Waals surface area contributed by atoms with Crippen molar-refractivity contribution in [3.63, 3.8) is 0 Å². The van der Waals surface area contributed by atoms with E-state index in [-0.39, 0.29) is 12.1 Å². The van der Waals surface area contributed by atoms with Gasteiger partial charge in [0.2, 0.25) is 0 Å². The number of carbonyl (C=O) groups is 1. The van der Waals surface area contributed by atoms with Crippen LogP contribution >= 0.6 is 0 Å². The van der Waals surface area contributed by atoms with E-state index in [1.807, 2.05) is 30.3 Å². The van der Waals surface area contributed by atoms with Crippen LogP contribution in [0.3, 0.4) is 0 Å². The average molecular weight is 311 g/mol. The Labute approximate surface area is 135 Å². The van der Waals surface area contributed by atoms with Gasteiger partial charge in [-0.15, -0.1) is 10.2 Å². The molecule has 1 aliphatic rings. The molecule has 23 heavy (non-hydrogen) atoms. The fourth-order valence-electron chi connectivity index (χ4n) is 2.72. The van der Waals surface area contributed by atoms with Crippen molar-refractivity contribution in [2.45, 2.75) is 38.1 Å². The highest BCUT2D eigenvalue weighted by Gasteiger charge is 2.15. The Morgan fingerprint density at radius 2 is 1.61 bits per heavy atom. The van der Waals surface area contributed by atoms with Gasteiger partial charge in [0, 0.05) is 11.7 Å². The quantitative estimate of drug-likeness (QED) is 0.805. The lowest BCUT2D eigenvalue weighted by atomic mass is 9.96. The fourth-order valence-corrected chi connectivity index (χ4v) is 2.72. The molecular weight excluding hydrogens is 290 g/mol. The summed E-state index contributed by atoms with van der Waals surface area (Å²) < 4.78 is 0. The number of nitrogens with zero attached hydrogens (tertiary/aromatic N) is 2. The maximum Gasteiger partial charge on any atom is 0.320 e. The molecule has 1 heterocycles. The summed E-state index contributed by atoms with van der Waals surface area (Å²) in [6.07, 6.45) is 5.74. The third-order valence-corrected chi connectivity index (χ3v) is 3.89. The standard InChI is InChI=1S/C17H21N5O/c23-17(19-14-9-5-2-6-10-14)20-16-12-11-15(21-22-16)18-13-7-3-1-4-8-13/h1,3-4,7-8,11-12,14H,2,5-6,9-10H2,(H,18,21)(H2,19,20,22,23). The molecule has 0 aliphatic heterocycles. The van der Waals surface area contributed by atoms with E-state index >= 15 is 0 Å². The Bertz CT molecular complexity index is 623. The van der Waals surface area contributed by atoms with Crippen molar-refractivity contribution < 1.29 is 4.79 Å². The summed E-state index contributed by atoms with van der Waals surface area (Å²) in [5.41, 5.74) is 0.942. The number of urea groups is 1. The van der Waals surface area contributed by atoms with Crippen LogP contribution in [0.25, 0.3) is 0 Å². The zero-order valence-corrected chi connectivity index (χ0v) is 13.0. The molecule has 3 N–H and O–H groups in total. The Hall–Kier alpha value is -2.63. The van der Waals surface area contributed by atoms with E-state index in [4.69, 9.17) is 0 Å². The Balaban J connectivity index is 1.51. The summed E-state index contributed by atoms with van der Waals surface area (Å²) in [6, 6.07) is 13.3. The Morgan fingerprint density at radius 1 is 0.913 bits per heavy atom. The van der Waals surface area contributed by atoms with E-state index in [1.165, 1.54) is 19.3 Å². The summed E-state index contributed by atoms with van der Waals surface area (Å²) in [5, 5.41) is 17.0. The van der Waals surface area contributed by atoms with E-state index in [2.05, 4.69) is 26.1 Å². The fraction of sp³-hybridized carbons (Fsp3) is 0.353. The molecule has 0 bridgehead atoms. The first kappa shape index (κ1) is 15.3. The zero-order valence-electron chi connectivity index (χ0n) is 13.0. The second-order valence-electron chi connectivity index (χ2n) is 5.73. The van der Waals surface area contributed by atoms with Crippen molar-refractivity contribution in [2.75, 3.05) is 10.6 Å². The van der Waals surface area contributed by atoms with Crippen molar-refractivity contribution >= 4 is 23.4 Å². The molecule has 0 unspecified atom stereocenters. The lowest BCUT2D eigenvalue weighted by molar-refractivity contribution is 0.244. The number of benzene rings is 1. The first-order chi connectivity index (χ1) is 11.3. The topological polar surface area (TPSA) is 78.9 Å². The summed E-state index contributed by atoms with van der Waals surface area (Å²) in [5.74, 6) is 1.08. The second-order valence-corrected chi connectivity index (χ2v) is 5.73. The van der Waals surface area contributed by atoms with Gasteiger partial charge in [-0.3, -0.25) is 5.32 Å². The van der Waals surface area contributed by atoms with E-state index < -0.39 is 0 Å². The SMILES string of the molecule is O=C(Nc1ccc(Nc2ccccc2)nn1)NC1CCCCC1. The van der Waals surface area contributed by atoms with Gasteiger partial charge in [0.25, 0.3) is 0 Å². The van der Waals surface area contributed by atoms with Crippen LogP contribution < -0.4 is 16.0 Å². The number of aromatic nitrogens is 2. The Morgan fingerprint density at radius 3 is 2.30 bits per heavy atom. The van der Waals surface area contributed by atoms with Gasteiger partial charge >= 0.3 is 6.03 Å². The summed E-state index contributed by atoms with van der Waals surface area (Å²) in [6.45, 7) is 0. The predicted octanol–water partition coefficient (Wildman–Crippen LogP) is 3.67. The van der Waals surface area contributed by atoms with Gasteiger partial charge in [0.15, 0.2) is 11.6 Å². The monoisotopic (exact) mass is 311 g/mol. The first-order valence-electron chi connectivity index (χ1n) is 8.03. The molecule has 120 valence electrons. The molecule has 1 aliphatic carbocycles.